The number of ether oxygens (including phenoxy) is 1. The van der Waals surface area contributed by atoms with Crippen LogP contribution >= 0.6 is 0 Å². The summed E-state index contributed by atoms with van der Waals surface area (Å²) in [5.74, 6) is 2.76. The van der Waals surface area contributed by atoms with Crippen LogP contribution in [-0.2, 0) is 11.2 Å². The van der Waals surface area contributed by atoms with Crippen molar-refractivity contribution in [3.63, 3.8) is 0 Å². The van der Waals surface area contributed by atoms with Crippen LogP contribution < -0.4 is 10.6 Å². The molecule has 106 valence electrons. The third-order valence-electron chi connectivity index (χ3n) is 3.18. The highest BCUT2D eigenvalue weighted by Crippen LogP contribution is 2.17. The van der Waals surface area contributed by atoms with Crippen molar-refractivity contribution in [3.05, 3.63) is 11.9 Å². The smallest absolute Gasteiger partial charge is 0.133 e. The van der Waals surface area contributed by atoms with E-state index in [9.17, 15) is 0 Å². The Morgan fingerprint density at radius 1 is 1.21 bits per heavy atom. The Bertz CT molecular complexity index is 367. The Labute approximate surface area is 115 Å². The SMILES string of the molecule is CCCc1nc(NCC)cc(NC2CCOCC2)n1. The van der Waals surface area contributed by atoms with Crippen LogP contribution in [0.2, 0.25) is 0 Å². The fourth-order valence-corrected chi connectivity index (χ4v) is 2.23. The number of hydrogen-bond acceptors (Lipinski definition) is 5. The number of nitrogens with one attached hydrogen (secondary N) is 2. The molecule has 0 saturated carbocycles. The summed E-state index contributed by atoms with van der Waals surface area (Å²) in [6.45, 7) is 6.77. The van der Waals surface area contributed by atoms with E-state index in [4.69, 9.17) is 4.74 Å². The maximum Gasteiger partial charge on any atom is 0.133 e. The number of rotatable bonds is 6. The van der Waals surface area contributed by atoms with Gasteiger partial charge in [-0.15, -0.1) is 0 Å². The molecule has 1 saturated heterocycles. The Morgan fingerprint density at radius 2 is 1.95 bits per heavy atom. The van der Waals surface area contributed by atoms with E-state index in [1.54, 1.807) is 0 Å². The lowest BCUT2D eigenvalue weighted by atomic mass is 10.1. The first kappa shape index (κ1) is 14.1. The molecule has 0 aromatic carbocycles. The standard InChI is InChI=1S/C14H24N4O/c1-3-5-12-17-13(15-4-2)10-14(18-12)16-11-6-8-19-9-7-11/h10-11H,3-9H2,1-2H3,(H2,15,16,17,18). The Hall–Kier alpha value is -1.36. The van der Waals surface area contributed by atoms with Gasteiger partial charge in [0.1, 0.15) is 17.5 Å². The van der Waals surface area contributed by atoms with Crippen LogP contribution in [0.1, 0.15) is 38.9 Å². The monoisotopic (exact) mass is 264 g/mol. The van der Waals surface area contributed by atoms with E-state index in [2.05, 4.69) is 34.4 Å². The first-order valence-electron chi connectivity index (χ1n) is 7.28. The van der Waals surface area contributed by atoms with Crippen LogP contribution in [0.3, 0.4) is 0 Å². The molecule has 19 heavy (non-hydrogen) atoms. The van der Waals surface area contributed by atoms with Crippen LogP contribution in [0.4, 0.5) is 11.6 Å². The average Bonchev–Trinajstić information content (AvgIpc) is 2.40. The molecule has 2 rings (SSSR count). The van der Waals surface area contributed by atoms with Crippen molar-refractivity contribution in [2.45, 2.75) is 45.6 Å². The predicted molar refractivity (Wildman–Crippen MR) is 77.7 cm³/mol. The van der Waals surface area contributed by atoms with Crippen molar-refractivity contribution in [2.24, 2.45) is 0 Å². The maximum absolute atomic E-state index is 5.38. The van der Waals surface area contributed by atoms with Gasteiger partial charge in [-0.05, 0) is 26.2 Å². The van der Waals surface area contributed by atoms with E-state index in [1.165, 1.54) is 0 Å². The van der Waals surface area contributed by atoms with Crippen LogP contribution in [0, 0.1) is 0 Å². The number of aryl methyl sites for hydroxylation is 1. The molecule has 0 bridgehead atoms. The molecule has 0 aliphatic carbocycles. The lowest BCUT2D eigenvalue weighted by Gasteiger charge is -2.24. The van der Waals surface area contributed by atoms with Gasteiger partial charge >= 0.3 is 0 Å². The van der Waals surface area contributed by atoms with Crippen LogP contribution in [0.25, 0.3) is 0 Å². The van der Waals surface area contributed by atoms with E-state index in [0.717, 1.165) is 62.9 Å². The zero-order valence-electron chi connectivity index (χ0n) is 11.9. The molecule has 0 spiro atoms. The number of nitrogens with zero attached hydrogens (tertiary/aromatic N) is 2. The topological polar surface area (TPSA) is 59.1 Å². The second-order valence-electron chi connectivity index (χ2n) is 4.87. The first-order valence-corrected chi connectivity index (χ1v) is 7.28. The van der Waals surface area contributed by atoms with E-state index in [-0.39, 0.29) is 0 Å². The Balaban J connectivity index is 2.08. The summed E-state index contributed by atoms with van der Waals surface area (Å²) in [7, 11) is 0. The predicted octanol–water partition coefficient (Wildman–Crippen LogP) is 2.45. The van der Waals surface area contributed by atoms with Crippen molar-refractivity contribution in [2.75, 3.05) is 30.4 Å². The minimum absolute atomic E-state index is 0.465. The molecule has 1 aromatic rings. The number of hydrogen-bond donors (Lipinski definition) is 2. The highest BCUT2D eigenvalue weighted by atomic mass is 16.5. The van der Waals surface area contributed by atoms with E-state index >= 15 is 0 Å². The maximum atomic E-state index is 5.38. The fourth-order valence-electron chi connectivity index (χ4n) is 2.23. The van der Waals surface area contributed by atoms with Crippen LogP contribution in [0.5, 0.6) is 0 Å². The third kappa shape index (κ3) is 4.35. The Kier molecular flexibility index (Phi) is 5.39. The fraction of sp³-hybridized carbons (Fsp3) is 0.714. The largest absolute Gasteiger partial charge is 0.381 e. The van der Waals surface area contributed by atoms with Crippen LogP contribution in [0.15, 0.2) is 6.07 Å². The highest BCUT2D eigenvalue weighted by molar-refractivity contribution is 5.48. The third-order valence-corrected chi connectivity index (χ3v) is 3.18. The summed E-state index contributed by atoms with van der Waals surface area (Å²) in [6, 6.07) is 2.46. The molecule has 1 aliphatic rings. The van der Waals surface area contributed by atoms with Gasteiger partial charge in [0.05, 0.1) is 0 Å². The van der Waals surface area contributed by atoms with Gasteiger partial charge in [0.2, 0.25) is 0 Å². The van der Waals surface area contributed by atoms with Crippen molar-refractivity contribution in [1.82, 2.24) is 9.97 Å². The summed E-state index contributed by atoms with van der Waals surface area (Å²) >= 11 is 0. The van der Waals surface area contributed by atoms with E-state index < -0.39 is 0 Å². The lowest BCUT2D eigenvalue weighted by molar-refractivity contribution is 0.0904. The molecular formula is C14H24N4O. The van der Waals surface area contributed by atoms with Crippen molar-refractivity contribution in [3.8, 4) is 0 Å². The molecular weight excluding hydrogens is 240 g/mol. The van der Waals surface area contributed by atoms with Gasteiger partial charge in [-0.2, -0.15) is 0 Å². The molecule has 0 radical (unpaired) electrons. The minimum Gasteiger partial charge on any atom is -0.381 e. The van der Waals surface area contributed by atoms with Crippen molar-refractivity contribution in [1.29, 1.82) is 0 Å². The number of anilines is 2. The average molecular weight is 264 g/mol. The molecule has 1 aromatic heterocycles. The molecule has 0 atom stereocenters. The van der Waals surface area contributed by atoms with E-state index in [1.807, 2.05) is 6.07 Å². The normalized spacial score (nSPS) is 16.3. The highest BCUT2D eigenvalue weighted by Gasteiger charge is 2.14. The molecule has 2 heterocycles. The molecule has 5 nitrogen and oxygen atoms in total. The van der Waals surface area contributed by atoms with Gasteiger partial charge in [-0.1, -0.05) is 6.92 Å². The second-order valence-corrected chi connectivity index (χ2v) is 4.87. The van der Waals surface area contributed by atoms with Crippen molar-refractivity contribution < 1.29 is 4.74 Å². The van der Waals surface area contributed by atoms with Crippen molar-refractivity contribution >= 4 is 11.6 Å². The summed E-state index contributed by atoms with van der Waals surface area (Å²) in [4.78, 5) is 9.12. The molecule has 0 unspecified atom stereocenters. The van der Waals surface area contributed by atoms with E-state index in [0.29, 0.717) is 6.04 Å². The Morgan fingerprint density at radius 3 is 2.63 bits per heavy atom. The molecule has 0 amide bonds. The van der Waals surface area contributed by atoms with Gasteiger partial charge in [0.25, 0.3) is 0 Å². The first-order chi connectivity index (χ1) is 9.31. The molecule has 1 fully saturated rings. The molecule has 1 aliphatic heterocycles. The van der Waals surface area contributed by atoms with Gasteiger partial charge in [-0.3, -0.25) is 0 Å². The number of aromatic nitrogens is 2. The molecule has 5 heteroatoms. The lowest BCUT2D eigenvalue weighted by Crippen LogP contribution is -2.28. The summed E-state index contributed by atoms with van der Waals surface area (Å²) in [5.41, 5.74) is 0. The van der Waals surface area contributed by atoms with Gasteiger partial charge in [-0.25, -0.2) is 9.97 Å². The van der Waals surface area contributed by atoms with Gasteiger partial charge in [0.15, 0.2) is 0 Å². The zero-order chi connectivity index (χ0) is 13.5. The quantitative estimate of drug-likeness (QED) is 0.826. The summed E-state index contributed by atoms with van der Waals surface area (Å²) in [5, 5.41) is 6.78. The zero-order valence-corrected chi connectivity index (χ0v) is 11.9. The second kappa shape index (κ2) is 7.28. The summed E-state index contributed by atoms with van der Waals surface area (Å²) < 4.78 is 5.38. The van der Waals surface area contributed by atoms with Gasteiger partial charge in [0, 0.05) is 38.3 Å². The molecule has 2 N–H and O–H groups in total. The van der Waals surface area contributed by atoms with Crippen LogP contribution in [-0.4, -0.2) is 35.8 Å². The summed E-state index contributed by atoms with van der Waals surface area (Å²) in [6.07, 6.45) is 4.07. The van der Waals surface area contributed by atoms with Gasteiger partial charge < -0.3 is 15.4 Å². The minimum atomic E-state index is 0.465.